The van der Waals surface area contributed by atoms with Crippen molar-refractivity contribution >= 4 is 5.91 Å². The van der Waals surface area contributed by atoms with E-state index in [4.69, 9.17) is 0 Å². The normalized spacial score (nSPS) is 15.1. The first-order valence-electron chi connectivity index (χ1n) is 6.81. The molecule has 0 rings (SSSR count). The molecule has 0 saturated carbocycles. The van der Waals surface area contributed by atoms with Gasteiger partial charge in [0.05, 0.1) is 6.10 Å². The fourth-order valence-electron chi connectivity index (χ4n) is 2.02. The molecule has 0 heterocycles. The fourth-order valence-corrected chi connectivity index (χ4v) is 2.02. The molecule has 0 radical (unpaired) electrons. The predicted octanol–water partition coefficient (Wildman–Crippen LogP) is 2.58. The second-order valence-corrected chi connectivity index (χ2v) is 5.70. The number of hydrogen-bond acceptors (Lipinski definition) is 2. The number of hydrogen-bond donors (Lipinski definition) is 2. The van der Waals surface area contributed by atoms with E-state index >= 15 is 0 Å². The molecule has 3 nitrogen and oxygen atoms in total. The summed E-state index contributed by atoms with van der Waals surface area (Å²) in [5, 5.41) is 12.5. The highest BCUT2D eigenvalue weighted by molar-refractivity contribution is 5.76. The van der Waals surface area contributed by atoms with Gasteiger partial charge >= 0.3 is 0 Å². The zero-order valence-electron chi connectivity index (χ0n) is 12.0. The zero-order chi connectivity index (χ0) is 13.4. The number of carbonyl (C=O) groups is 1. The first-order valence-corrected chi connectivity index (χ1v) is 6.81. The molecule has 3 heteroatoms. The summed E-state index contributed by atoms with van der Waals surface area (Å²) < 4.78 is 0. The maximum Gasteiger partial charge on any atom is 0.220 e. The molecule has 0 aromatic rings. The maximum atomic E-state index is 11.7. The van der Waals surface area contributed by atoms with E-state index in [-0.39, 0.29) is 5.91 Å². The van der Waals surface area contributed by atoms with Crippen molar-refractivity contribution < 1.29 is 9.90 Å². The van der Waals surface area contributed by atoms with Crippen molar-refractivity contribution in [3.8, 4) is 0 Å². The van der Waals surface area contributed by atoms with Gasteiger partial charge in [-0.2, -0.15) is 0 Å². The second kappa shape index (κ2) is 8.51. The van der Waals surface area contributed by atoms with Gasteiger partial charge in [-0.15, -0.1) is 0 Å². The van der Waals surface area contributed by atoms with Crippen LogP contribution in [0.4, 0.5) is 0 Å². The summed E-state index contributed by atoms with van der Waals surface area (Å²) >= 11 is 0. The number of amides is 1. The van der Waals surface area contributed by atoms with Gasteiger partial charge in [-0.3, -0.25) is 4.79 Å². The van der Waals surface area contributed by atoms with E-state index in [1.54, 1.807) is 0 Å². The van der Waals surface area contributed by atoms with E-state index in [2.05, 4.69) is 39.9 Å². The highest BCUT2D eigenvalue weighted by atomic mass is 16.3. The summed E-state index contributed by atoms with van der Waals surface area (Å²) in [6.07, 6.45) is 1.92. The quantitative estimate of drug-likeness (QED) is 0.688. The third-order valence-corrected chi connectivity index (χ3v) is 3.19. The smallest absolute Gasteiger partial charge is 0.220 e. The molecule has 0 saturated heterocycles. The summed E-state index contributed by atoms with van der Waals surface area (Å²) in [6.45, 7) is 10.9. The SMILES string of the molecule is CCC(CC(=O)NCC(O)CC(C)C)C(C)C. The molecule has 2 unspecified atom stereocenters. The minimum absolute atomic E-state index is 0.0633. The van der Waals surface area contributed by atoms with Gasteiger partial charge in [0.25, 0.3) is 0 Å². The molecular weight excluding hydrogens is 214 g/mol. The number of carbonyl (C=O) groups excluding carboxylic acids is 1. The van der Waals surface area contributed by atoms with Crippen molar-refractivity contribution in [2.24, 2.45) is 17.8 Å². The van der Waals surface area contributed by atoms with Crippen LogP contribution in [0.25, 0.3) is 0 Å². The zero-order valence-corrected chi connectivity index (χ0v) is 12.0. The van der Waals surface area contributed by atoms with Crippen LogP contribution in [0.5, 0.6) is 0 Å². The highest BCUT2D eigenvalue weighted by Gasteiger charge is 2.16. The summed E-state index contributed by atoms with van der Waals surface area (Å²) in [6, 6.07) is 0. The number of aliphatic hydroxyl groups is 1. The summed E-state index contributed by atoms with van der Waals surface area (Å²) in [5.41, 5.74) is 0. The Morgan fingerprint density at radius 1 is 1.24 bits per heavy atom. The van der Waals surface area contributed by atoms with Crippen LogP contribution in [-0.4, -0.2) is 23.7 Å². The van der Waals surface area contributed by atoms with Crippen molar-refractivity contribution in [1.29, 1.82) is 0 Å². The Balaban J connectivity index is 3.86. The molecule has 102 valence electrons. The Morgan fingerprint density at radius 3 is 2.24 bits per heavy atom. The molecule has 0 aliphatic heterocycles. The monoisotopic (exact) mass is 243 g/mol. The Hall–Kier alpha value is -0.570. The van der Waals surface area contributed by atoms with E-state index in [9.17, 15) is 9.90 Å². The molecular formula is C14H29NO2. The van der Waals surface area contributed by atoms with Crippen LogP contribution < -0.4 is 5.32 Å². The van der Waals surface area contributed by atoms with Crippen molar-refractivity contribution in [1.82, 2.24) is 5.32 Å². The van der Waals surface area contributed by atoms with Crippen molar-refractivity contribution in [2.45, 2.75) is 60.0 Å². The van der Waals surface area contributed by atoms with Crippen molar-refractivity contribution in [2.75, 3.05) is 6.54 Å². The standard InChI is InChI=1S/C14H29NO2/c1-6-12(11(4)5)8-14(17)15-9-13(16)7-10(2)3/h10-13,16H,6-9H2,1-5H3,(H,15,17). The predicted molar refractivity (Wildman–Crippen MR) is 71.7 cm³/mol. The molecule has 0 bridgehead atoms. The Labute approximate surface area is 106 Å². The minimum atomic E-state index is -0.418. The van der Waals surface area contributed by atoms with Crippen LogP contribution in [0, 0.1) is 17.8 Å². The lowest BCUT2D eigenvalue weighted by molar-refractivity contribution is -0.122. The largest absolute Gasteiger partial charge is 0.391 e. The van der Waals surface area contributed by atoms with Gasteiger partial charge < -0.3 is 10.4 Å². The molecule has 1 amide bonds. The lowest BCUT2D eigenvalue weighted by Crippen LogP contribution is -2.34. The summed E-state index contributed by atoms with van der Waals surface area (Å²) in [7, 11) is 0. The Bertz CT molecular complexity index is 214. The van der Waals surface area contributed by atoms with Crippen LogP contribution in [0.15, 0.2) is 0 Å². The van der Waals surface area contributed by atoms with Crippen molar-refractivity contribution in [3.63, 3.8) is 0 Å². The summed E-state index contributed by atoms with van der Waals surface area (Å²) in [4.78, 5) is 11.7. The molecule has 0 spiro atoms. The molecule has 17 heavy (non-hydrogen) atoms. The average molecular weight is 243 g/mol. The van der Waals surface area contributed by atoms with Crippen LogP contribution in [0.3, 0.4) is 0 Å². The number of nitrogens with one attached hydrogen (secondary N) is 1. The highest BCUT2D eigenvalue weighted by Crippen LogP contribution is 2.18. The van der Waals surface area contributed by atoms with E-state index in [1.807, 2.05) is 0 Å². The van der Waals surface area contributed by atoms with Crippen LogP contribution in [0.1, 0.15) is 53.9 Å². The van der Waals surface area contributed by atoms with Gasteiger partial charge in [0.2, 0.25) is 5.91 Å². The summed E-state index contributed by atoms with van der Waals surface area (Å²) in [5.74, 6) is 1.50. The molecule has 0 aromatic carbocycles. The first kappa shape index (κ1) is 16.4. The minimum Gasteiger partial charge on any atom is -0.391 e. The van der Waals surface area contributed by atoms with Gasteiger partial charge in [0.15, 0.2) is 0 Å². The third kappa shape index (κ3) is 8.19. The van der Waals surface area contributed by atoms with Crippen LogP contribution in [-0.2, 0) is 4.79 Å². The van der Waals surface area contributed by atoms with Gasteiger partial charge in [-0.25, -0.2) is 0 Å². The fraction of sp³-hybridized carbons (Fsp3) is 0.929. The van der Waals surface area contributed by atoms with E-state index in [0.717, 1.165) is 12.8 Å². The van der Waals surface area contributed by atoms with Gasteiger partial charge in [-0.1, -0.05) is 41.0 Å². The second-order valence-electron chi connectivity index (χ2n) is 5.70. The molecule has 0 aliphatic rings. The molecule has 0 aromatic heterocycles. The van der Waals surface area contributed by atoms with Crippen molar-refractivity contribution in [3.05, 3.63) is 0 Å². The first-order chi connectivity index (χ1) is 7.86. The number of rotatable bonds is 8. The third-order valence-electron chi connectivity index (χ3n) is 3.19. The molecule has 0 fully saturated rings. The molecule has 2 atom stereocenters. The molecule has 0 aliphatic carbocycles. The number of aliphatic hydroxyl groups excluding tert-OH is 1. The maximum absolute atomic E-state index is 11.7. The van der Waals surface area contributed by atoms with Crippen LogP contribution >= 0.6 is 0 Å². The average Bonchev–Trinajstić information content (AvgIpc) is 2.21. The molecule has 2 N–H and O–H groups in total. The Kier molecular flexibility index (Phi) is 8.23. The van der Waals surface area contributed by atoms with Crippen LogP contribution in [0.2, 0.25) is 0 Å². The van der Waals surface area contributed by atoms with Gasteiger partial charge in [0, 0.05) is 13.0 Å². The topological polar surface area (TPSA) is 49.3 Å². The lowest BCUT2D eigenvalue weighted by Gasteiger charge is -2.19. The van der Waals surface area contributed by atoms with E-state index < -0.39 is 6.10 Å². The lowest BCUT2D eigenvalue weighted by atomic mass is 9.90. The van der Waals surface area contributed by atoms with E-state index in [1.165, 1.54) is 0 Å². The Morgan fingerprint density at radius 2 is 1.82 bits per heavy atom. The van der Waals surface area contributed by atoms with Gasteiger partial charge in [-0.05, 0) is 24.2 Å². The van der Waals surface area contributed by atoms with Gasteiger partial charge in [0.1, 0.15) is 0 Å². The van der Waals surface area contributed by atoms with E-state index in [0.29, 0.717) is 30.7 Å².